The van der Waals surface area contributed by atoms with E-state index in [1.165, 1.54) is 19.0 Å². The summed E-state index contributed by atoms with van der Waals surface area (Å²) in [4.78, 5) is 7.00. The lowest BCUT2D eigenvalue weighted by molar-refractivity contribution is 0.251. The van der Waals surface area contributed by atoms with Crippen LogP contribution in [-0.2, 0) is 10.0 Å². The fourth-order valence-corrected chi connectivity index (χ4v) is 5.34. The van der Waals surface area contributed by atoms with Crippen molar-refractivity contribution in [2.24, 2.45) is 0 Å². The zero-order valence-corrected chi connectivity index (χ0v) is 15.9. The summed E-state index contributed by atoms with van der Waals surface area (Å²) in [5.41, 5.74) is 2.13. The average molecular weight is 382 g/mol. The van der Waals surface area contributed by atoms with Crippen LogP contribution < -0.4 is 0 Å². The molecule has 0 spiro atoms. The van der Waals surface area contributed by atoms with Gasteiger partial charge in [0.25, 0.3) is 0 Å². The second-order valence-corrected chi connectivity index (χ2v) is 9.05. The van der Waals surface area contributed by atoms with E-state index in [2.05, 4.69) is 16.0 Å². The Morgan fingerprint density at radius 2 is 1.78 bits per heavy atom. The predicted octanol–water partition coefficient (Wildman–Crippen LogP) is 2.48. The maximum absolute atomic E-state index is 13.0. The third kappa shape index (κ3) is 3.61. The van der Waals surface area contributed by atoms with Gasteiger partial charge in [0.2, 0.25) is 10.0 Å². The summed E-state index contributed by atoms with van der Waals surface area (Å²) in [5.74, 6) is 0. The second kappa shape index (κ2) is 7.39. The Balaban J connectivity index is 1.49. The van der Waals surface area contributed by atoms with Crippen LogP contribution in [0.3, 0.4) is 0 Å². The molecule has 1 atom stereocenters. The van der Waals surface area contributed by atoms with Crippen LogP contribution in [0, 0.1) is 11.3 Å². The highest BCUT2D eigenvalue weighted by molar-refractivity contribution is 7.89. The van der Waals surface area contributed by atoms with Crippen molar-refractivity contribution in [3.8, 4) is 17.3 Å². The minimum Gasteiger partial charge on any atom is -0.299 e. The van der Waals surface area contributed by atoms with Crippen LogP contribution in [-0.4, -0.2) is 54.8 Å². The molecular formula is C20H22N4O2S. The molecule has 0 radical (unpaired) electrons. The van der Waals surface area contributed by atoms with Gasteiger partial charge in [-0.15, -0.1) is 0 Å². The molecule has 2 aliphatic rings. The van der Waals surface area contributed by atoms with Gasteiger partial charge in [0.05, 0.1) is 17.3 Å². The summed E-state index contributed by atoms with van der Waals surface area (Å²) >= 11 is 0. The molecule has 1 aromatic heterocycles. The monoisotopic (exact) mass is 382 g/mol. The van der Waals surface area contributed by atoms with Crippen LogP contribution in [0.1, 0.15) is 24.8 Å². The number of rotatable bonds is 4. The van der Waals surface area contributed by atoms with Gasteiger partial charge in [-0.05, 0) is 56.6 Å². The standard InChI is InChI=1S/C20H22N4O2S/c21-13-16-3-5-17(6-4-16)20-8-7-19(14-22-20)27(25,26)24-12-9-18(15-24)23-10-1-2-11-23/h3-8,14,18H,1-2,9-12,15H2. The van der Waals surface area contributed by atoms with E-state index in [4.69, 9.17) is 5.26 Å². The molecule has 2 aliphatic heterocycles. The van der Waals surface area contributed by atoms with Gasteiger partial charge < -0.3 is 0 Å². The quantitative estimate of drug-likeness (QED) is 0.812. The molecule has 6 nitrogen and oxygen atoms in total. The Labute approximate surface area is 160 Å². The van der Waals surface area contributed by atoms with Gasteiger partial charge in [0.1, 0.15) is 4.90 Å². The van der Waals surface area contributed by atoms with Crippen LogP contribution in [0.25, 0.3) is 11.3 Å². The van der Waals surface area contributed by atoms with Gasteiger partial charge in [-0.25, -0.2) is 8.42 Å². The Kier molecular flexibility index (Phi) is 4.96. The molecule has 2 fully saturated rings. The van der Waals surface area contributed by atoms with E-state index in [0.717, 1.165) is 25.1 Å². The smallest absolute Gasteiger partial charge is 0.244 e. The first kappa shape index (κ1) is 18.1. The van der Waals surface area contributed by atoms with E-state index in [0.29, 0.717) is 30.4 Å². The Morgan fingerprint density at radius 3 is 2.41 bits per heavy atom. The molecule has 4 rings (SSSR count). The summed E-state index contributed by atoms with van der Waals surface area (Å²) in [7, 11) is -3.51. The van der Waals surface area contributed by atoms with E-state index >= 15 is 0 Å². The van der Waals surface area contributed by atoms with Crippen LogP contribution in [0.15, 0.2) is 47.5 Å². The Bertz CT molecular complexity index is 943. The van der Waals surface area contributed by atoms with Crippen molar-refractivity contribution in [1.29, 1.82) is 5.26 Å². The van der Waals surface area contributed by atoms with Crippen molar-refractivity contribution in [3.05, 3.63) is 48.2 Å². The maximum Gasteiger partial charge on any atom is 0.244 e. The van der Waals surface area contributed by atoms with Crippen molar-refractivity contribution in [2.45, 2.75) is 30.2 Å². The lowest BCUT2D eigenvalue weighted by atomic mass is 10.1. The van der Waals surface area contributed by atoms with Crippen LogP contribution in [0.2, 0.25) is 0 Å². The molecular weight excluding hydrogens is 360 g/mol. The van der Waals surface area contributed by atoms with E-state index in [-0.39, 0.29) is 4.90 Å². The normalized spacial score (nSPS) is 21.4. The maximum atomic E-state index is 13.0. The molecule has 140 valence electrons. The van der Waals surface area contributed by atoms with Crippen molar-refractivity contribution >= 4 is 10.0 Å². The SMILES string of the molecule is N#Cc1ccc(-c2ccc(S(=O)(=O)N3CCC(N4CCCC4)C3)cn2)cc1. The highest BCUT2D eigenvalue weighted by Crippen LogP contribution is 2.26. The lowest BCUT2D eigenvalue weighted by Crippen LogP contribution is -2.37. The second-order valence-electron chi connectivity index (χ2n) is 7.12. The fourth-order valence-electron chi connectivity index (χ4n) is 3.90. The van der Waals surface area contributed by atoms with Gasteiger partial charge in [-0.2, -0.15) is 9.57 Å². The van der Waals surface area contributed by atoms with Crippen molar-refractivity contribution in [3.63, 3.8) is 0 Å². The summed E-state index contributed by atoms with van der Waals surface area (Å²) in [6, 6.07) is 12.9. The molecule has 3 heterocycles. The fraction of sp³-hybridized carbons (Fsp3) is 0.400. The number of nitriles is 1. The number of aromatic nitrogens is 1. The van der Waals surface area contributed by atoms with E-state index in [1.807, 2.05) is 12.1 Å². The number of pyridine rings is 1. The van der Waals surface area contributed by atoms with Crippen LogP contribution >= 0.6 is 0 Å². The zero-order chi connectivity index (χ0) is 18.9. The van der Waals surface area contributed by atoms with Crippen LogP contribution in [0.4, 0.5) is 0 Å². The lowest BCUT2D eigenvalue weighted by Gasteiger charge is -2.23. The van der Waals surface area contributed by atoms with Crippen molar-refractivity contribution in [2.75, 3.05) is 26.2 Å². The molecule has 0 saturated carbocycles. The minimum atomic E-state index is -3.51. The number of benzene rings is 1. The number of hydrogen-bond donors (Lipinski definition) is 0. The first-order chi connectivity index (χ1) is 13.1. The largest absolute Gasteiger partial charge is 0.299 e. The van der Waals surface area contributed by atoms with E-state index < -0.39 is 10.0 Å². The number of likely N-dealkylation sites (tertiary alicyclic amines) is 1. The van der Waals surface area contributed by atoms with Gasteiger partial charge in [0.15, 0.2) is 0 Å². The van der Waals surface area contributed by atoms with Gasteiger partial charge in [0, 0.05) is 30.9 Å². The summed E-state index contributed by atoms with van der Waals surface area (Å²) in [6.07, 6.45) is 4.76. The first-order valence-corrected chi connectivity index (χ1v) is 10.7. The third-order valence-electron chi connectivity index (χ3n) is 5.47. The van der Waals surface area contributed by atoms with Gasteiger partial charge in [-0.1, -0.05) is 12.1 Å². The molecule has 1 unspecified atom stereocenters. The summed E-state index contributed by atoms with van der Waals surface area (Å²) in [5, 5.41) is 8.88. The third-order valence-corrected chi connectivity index (χ3v) is 7.32. The average Bonchev–Trinajstić information content (AvgIpc) is 3.40. The highest BCUT2D eigenvalue weighted by atomic mass is 32.2. The number of nitrogens with zero attached hydrogens (tertiary/aromatic N) is 4. The van der Waals surface area contributed by atoms with Crippen molar-refractivity contribution in [1.82, 2.24) is 14.2 Å². The van der Waals surface area contributed by atoms with Gasteiger partial charge in [-0.3, -0.25) is 9.88 Å². The molecule has 0 bridgehead atoms. The Morgan fingerprint density at radius 1 is 1.04 bits per heavy atom. The molecule has 1 aromatic carbocycles. The highest BCUT2D eigenvalue weighted by Gasteiger charge is 2.36. The molecule has 27 heavy (non-hydrogen) atoms. The summed E-state index contributed by atoms with van der Waals surface area (Å²) < 4.78 is 27.5. The van der Waals surface area contributed by atoms with E-state index in [1.54, 1.807) is 28.6 Å². The number of hydrogen-bond acceptors (Lipinski definition) is 5. The first-order valence-electron chi connectivity index (χ1n) is 9.29. The minimum absolute atomic E-state index is 0.238. The topological polar surface area (TPSA) is 77.3 Å². The molecule has 0 N–H and O–H groups in total. The molecule has 7 heteroatoms. The summed E-state index contributed by atoms with van der Waals surface area (Å²) in [6.45, 7) is 3.30. The molecule has 0 aliphatic carbocycles. The zero-order valence-electron chi connectivity index (χ0n) is 15.1. The number of sulfonamides is 1. The Hall–Kier alpha value is -2.27. The molecule has 2 aromatic rings. The van der Waals surface area contributed by atoms with Crippen LogP contribution in [0.5, 0.6) is 0 Å². The molecule has 0 amide bonds. The van der Waals surface area contributed by atoms with E-state index in [9.17, 15) is 8.42 Å². The van der Waals surface area contributed by atoms with Gasteiger partial charge >= 0.3 is 0 Å². The molecule has 2 saturated heterocycles. The predicted molar refractivity (Wildman–Crippen MR) is 102 cm³/mol. The van der Waals surface area contributed by atoms with Crippen molar-refractivity contribution < 1.29 is 8.42 Å².